The largest absolute Gasteiger partial charge is 0.500 e. The van der Waals surface area contributed by atoms with E-state index >= 15 is 0 Å². The van der Waals surface area contributed by atoms with Gasteiger partial charge in [0.25, 0.3) is 0 Å². The molecule has 7 nitrogen and oxygen atoms in total. The number of ether oxygens (including phenoxy) is 2. The quantitative estimate of drug-likeness (QED) is 0.391. The van der Waals surface area contributed by atoms with Gasteiger partial charge < -0.3 is 14.6 Å². The van der Waals surface area contributed by atoms with E-state index in [0.717, 1.165) is 0 Å². The third-order valence-corrected chi connectivity index (χ3v) is 3.33. The Morgan fingerprint density at radius 3 is 2.42 bits per heavy atom. The number of allylic oxidation sites excluding steroid dienone is 1. The Hall–Kier alpha value is -3.53. The molecule has 24 heavy (non-hydrogen) atoms. The van der Waals surface area contributed by atoms with Crippen LogP contribution in [0.1, 0.15) is 11.1 Å². The summed E-state index contributed by atoms with van der Waals surface area (Å²) in [5.74, 6) is 0.0584. The zero-order valence-electron chi connectivity index (χ0n) is 13.0. The first-order valence-electron chi connectivity index (χ1n) is 6.81. The van der Waals surface area contributed by atoms with Gasteiger partial charge in [0.05, 0.1) is 30.8 Å². The molecule has 2 aromatic carbocycles. The van der Waals surface area contributed by atoms with Gasteiger partial charge in [0, 0.05) is 6.07 Å². The lowest BCUT2D eigenvalue weighted by atomic mass is 10.0. The van der Waals surface area contributed by atoms with Crippen molar-refractivity contribution in [3.63, 3.8) is 0 Å². The molecular weight excluding hydrogens is 312 g/mol. The molecule has 0 radical (unpaired) electrons. The summed E-state index contributed by atoms with van der Waals surface area (Å²) in [4.78, 5) is 10.3. The highest BCUT2D eigenvalue weighted by Gasteiger charge is 2.19. The van der Waals surface area contributed by atoms with E-state index in [4.69, 9.17) is 9.47 Å². The lowest BCUT2D eigenvalue weighted by Gasteiger charge is -2.06. The van der Waals surface area contributed by atoms with Gasteiger partial charge in [-0.1, -0.05) is 0 Å². The first kappa shape index (κ1) is 16.8. The smallest absolute Gasteiger partial charge is 0.315 e. The zero-order valence-corrected chi connectivity index (χ0v) is 13.0. The van der Waals surface area contributed by atoms with Gasteiger partial charge in [-0.15, -0.1) is 0 Å². The lowest BCUT2D eigenvalue weighted by Crippen LogP contribution is -1.93. The Kier molecular flexibility index (Phi) is 5.02. The van der Waals surface area contributed by atoms with E-state index in [0.29, 0.717) is 22.4 Å². The second-order valence-corrected chi connectivity index (χ2v) is 4.75. The van der Waals surface area contributed by atoms with Crippen molar-refractivity contribution in [3.8, 4) is 23.3 Å². The van der Waals surface area contributed by atoms with Gasteiger partial charge in [0.15, 0.2) is 5.75 Å². The molecule has 122 valence electrons. The van der Waals surface area contributed by atoms with Crippen LogP contribution < -0.4 is 9.47 Å². The molecular formula is C17H14N2O5. The minimum Gasteiger partial charge on any atom is -0.500 e. The molecule has 0 amide bonds. The average Bonchev–Trinajstić information content (AvgIpc) is 2.60. The number of aromatic hydroxyl groups is 1. The number of nitriles is 1. The second-order valence-electron chi connectivity index (χ2n) is 4.75. The summed E-state index contributed by atoms with van der Waals surface area (Å²) in [7, 11) is 2.83. The number of nitro groups is 1. The van der Waals surface area contributed by atoms with Crippen LogP contribution in [0.2, 0.25) is 0 Å². The summed E-state index contributed by atoms with van der Waals surface area (Å²) in [6, 6.07) is 11.5. The van der Waals surface area contributed by atoms with Crippen molar-refractivity contribution in [1.29, 1.82) is 5.26 Å². The molecule has 0 atom stereocenters. The average molecular weight is 326 g/mol. The Balaban J connectivity index is 2.52. The Labute approximate surface area is 138 Å². The van der Waals surface area contributed by atoms with Crippen LogP contribution in [0.5, 0.6) is 17.2 Å². The molecule has 7 heteroatoms. The van der Waals surface area contributed by atoms with E-state index in [-0.39, 0.29) is 5.75 Å². The third kappa shape index (κ3) is 3.44. The molecule has 0 aliphatic rings. The van der Waals surface area contributed by atoms with E-state index < -0.39 is 16.4 Å². The molecule has 2 rings (SSSR count). The fourth-order valence-electron chi connectivity index (χ4n) is 2.11. The van der Waals surface area contributed by atoms with Crippen molar-refractivity contribution < 1.29 is 19.5 Å². The van der Waals surface area contributed by atoms with E-state index in [1.54, 1.807) is 24.3 Å². The van der Waals surface area contributed by atoms with Crippen LogP contribution in [0.25, 0.3) is 11.6 Å². The molecule has 0 saturated carbocycles. The minimum absolute atomic E-state index is 0.0394. The van der Waals surface area contributed by atoms with Gasteiger partial charge in [-0.25, -0.2) is 0 Å². The van der Waals surface area contributed by atoms with Crippen LogP contribution in [-0.4, -0.2) is 24.2 Å². The fourth-order valence-corrected chi connectivity index (χ4v) is 2.11. The molecule has 1 N–H and O–H groups in total. The molecule has 0 spiro atoms. The number of nitrogens with zero attached hydrogens (tertiary/aromatic N) is 2. The van der Waals surface area contributed by atoms with Gasteiger partial charge in [-0.05, 0) is 47.5 Å². The van der Waals surface area contributed by atoms with Crippen LogP contribution in [0.3, 0.4) is 0 Å². The summed E-state index contributed by atoms with van der Waals surface area (Å²) in [5, 5.41) is 30.2. The molecule has 0 saturated heterocycles. The van der Waals surface area contributed by atoms with Crippen LogP contribution in [0, 0.1) is 21.4 Å². The molecule has 0 aromatic heterocycles. The zero-order chi connectivity index (χ0) is 17.7. The molecule has 0 bridgehead atoms. The highest BCUT2D eigenvalue weighted by Crippen LogP contribution is 2.37. The number of phenols is 1. The predicted octanol–water partition coefficient (Wildman–Crippen LogP) is 3.38. The molecule has 0 heterocycles. The Morgan fingerprint density at radius 1 is 1.25 bits per heavy atom. The third-order valence-electron chi connectivity index (χ3n) is 3.33. The van der Waals surface area contributed by atoms with Crippen LogP contribution in [-0.2, 0) is 0 Å². The molecule has 0 aliphatic carbocycles. The Morgan fingerprint density at radius 2 is 1.92 bits per heavy atom. The summed E-state index contributed by atoms with van der Waals surface area (Å²) in [5.41, 5.74) is 0.809. The first-order chi connectivity index (χ1) is 11.5. The number of hydrogen-bond donors (Lipinski definition) is 1. The highest BCUT2D eigenvalue weighted by molar-refractivity contribution is 5.90. The lowest BCUT2D eigenvalue weighted by molar-refractivity contribution is -0.386. The maximum absolute atomic E-state index is 11.0. The van der Waals surface area contributed by atoms with Crippen molar-refractivity contribution in [2.45, 2.75) is 0 Å². The van der Waals surface area contributed by atoms with Crippen LogP contribution >= 0.6 is 0 Å². The predicted molar refractivity (Wildman–Crippen MR) is 87.8 cm³/mol. The standard InChI is InChI=1S/C17H14N2O5/c1-23-14-5-3-12(4-6-14)13(10-18)7-11-8-15(19(21)22)17(20)16(9-11)24-2/h3-9,20H,1-2H3/b13-7+. The van der Waals surface area contributed by atoms with E-state index in [2.05, 4.69) is 6.07 Å². The van der Waals surface area contributed by atoms with E-state index in [1.807, 2.05) is 0 Å². The highest BCUT2D eigenvalue weighted by atomic mass is 16.6. The van der Waals surface area contributed by atoms with E-state index in [1.165, 1.54) is 32.4 Å². The maximum atomic E-state index is 11.0. The van der Waals surface area contributed by atoms with Crippen molar-refractivity contribution in [3.05, 3.63) is 57.6 Å². The van der Waals surface area contributed by atoms with Gasteiger partial charge in [0.2, 0.25) is 5.75 Å². The number of rotatable bonds is 5. The summed E-state index contributed by atoms with van der Waals surface area (Å²) in [6.07, 6.45) is 1.48. The van der Waals surface area contributed by atoms with Crippen LogP contribution in [0.4, 0.5) is 5.69 Å². The summed E-state index contributed by atoms with van der Waals surface area (Å²) in [6.45, 7) is 0. The van der Waals surface area contributed by atoms with Gasteiger partial charge in [-0.2, -0.15) is 5.26 Å². The summed E-state index contributed by atoms with van der Waals surface area (Å²) >= 11 is 0. The second kappa shape index (κ2) is 7.15. The first-order valence-corrected chi connectivity index (χ1v) is 6.81. The van der Waals surface area contributed by atoms with Crippen molar-refractivity contribution in [1.82, 2.24) is 0 Å². The molecule has 0 fully saturated rings. The number of hydrogen-bond acceptors (Lipinski definition) is 6. The number of phenolic OH excluding ortho intramolecular Hbond substituents is 1. The number of benzene rings is 2. The number of nitro benzene ring substituents is 1. The van der Waals surface area contributed by atoms with Gasteiger partial charge >= 0.3 is 5.69 Å². The fraction of sp³-hybridized carbons (Fsp3) is 0.118. The van der Waals surface area contributed by atoms with E-state index in [9.17, 15) is 20.5 Å². The van der Waals surface area contributed by atoms with Gasteiger partial charge in [-0.3, -0.25) is 10.1 Å². The van der Waals surface area contributed by atoms with Crippen molar-refractivity contribution in [2.75, 3.05) is 14.2 Å². The molecule has 0 unspecified atom stereocenters. The topological polar surface area (TPSA) is 106 Å². The Bertz CT molecular complexity index is 835. The van der Waals surface area contributed by atoms with Crippen LogP contribution in [0.15, 0.2) is 36.4 Å². The minimum atomic E-state index is -0.714. The maximum Gasteiger partial charge on any atom is 0.315 e. The van der Waals surface area contributed by atoms with Crippen molar-refractivity contribution in [2.24, 2.45) is 0 Å². The number of methoxy groups -OCH3 is 2. The molecule has 2 aromatic rings. The SMILES string of the molecule is COc1ccc(/C(C#N)=C/c2cc(OC)c(O)c([N+](=O)[O-])c2)cc1. The summed E-state index contributed by atoms with van der Waals surface area (Å²) < 4.78 is 10.0. The van der Waals surface area contributed by atoms with Crippen molar-refractivity contribution >= 4 is 17.3 Å². The normalized spacial score (nSPS) is 10.8. The van der Waals surface area contributed by atoms with Gasteiger partial charge in [0.1, 0.15) is 5.75 Å². The molecule has 0 aliphatic heterocycles. The monoisotopic (exact) mass is 326 g/mol.